The molecule has 0 radical (unpaired) electrons. The molecule has 0 aliphatic carbocycles. The number of hydrogen-bond acceptors (Lipinski definition) is 4. The Hall–Kier alpha value is -1.14. The largest absolute Gasteiger partial charge is 0.391 e. The van der Waals surface area contributed by atoms with Crippen LogP contribution in [0.15, 0.2) is 0 Å². The molecule has 18 heavy (non-hydrogen) atoms. The maximum absolute atomic E-state index is 11.7. The van der Waals surface area contributed by atoms with Crippen LogP contribution in [0.5, 0.6) is 0 Å². The van der Waals surface area contributed by atoms with E-state index in [1.807, 2.05) is 20.8 Å². The molecule has 6 heteroatoms. The lowest BCUT2D eigenvalue weighted by Gasteiger charge is -2.25. The van der Waals surface area contributed by atoms with Gasteiger partial charge in [-0.15, -0.1) is 0 Å². The lowest BCUT2D eigenvalue weighted by atomic mass is 9.89. The SMILES string of the molecule is CC(C)(C)CC(O)CNC(=O)C1CNC(=O)CN1. The smallest absolute Gasteiger partial charge is 0.239 e. The fourth-order valence-electron chi connectivity index (χ4n) is 1.87. The molecule has 0 aromatic carbocycles. The van der Waals surface area contributed by atoms with E-state index in [1.165, 1.54) is 0 Å². The van der Waals surface area contributed by atoms with E-state index in [1.54, 1.807) is 0 Å². The van der Waals surface area contributed by atoms with Gasteiger partial charge in [-0.1, -0.05) is 20.8 Å². The molecular weight excluding hydrogens is 234 g/mol. The first-order valence-electron chi connectivity index (χ1n) is 6.24. The van der Waals surface area contributed by atoms with Crippen molar-refractivity contribution in [3.8, 4) is 0 Å². The molecule has 104 valence electrons. The first-order chi connectivity index (χ1) is 8.28. The number of carbonyl (C=O) groups excluding carboxylic acids is 2. The van der Waals surface area contributed by atoms with Crippen LogP contribution in [-0.2, 0) is 9.59 Å². The average Bonchev–Trinajstić information content (AvgIpc) is 2.24. The average molecular weight is 257 g/mol. The van der Waals surface area contributed by atoms with Crippen LogP contribution in [0.2, 0.25) is 0 Å². The van der Waals surface area contributed by atoms with Crippen LogP contribution in [0.3, 0.4) is 0 Å². The topological polar surface area (TPSA) is 90.5 Å². The number of carbonyl (C=O) groups is 2. The highest BCUT2D eigenvalue weighted by atomic mass is 16.3. The van der Waals surface area contributed by atoms with Crippen LogP contribution in [0.4, 0.5) is 0 Å². The number of aliphatic hydroxyl groups excluding tert-OH is 1. The van der Waals surface area contributed by atoms with E-state index in [0.29, 0.717) is 13.0 Å². The minimum Gasteiger partial charge on any atom is -0.391 e. The summed E-state index contributed by atoms with van der Waals surface area (Å²) >= 11 is 0. The van der Waals surface area contributed by atoms with Crippen LogP contribution in [0, 0.1) is 5.41 Å². The molecular formula is C12H23N3O3. The molecule has 1 heterocycles. The van der Waals surface area contributed by atoms with Gasteiger partial charge in [0, 0.05) is 13.1 Å². The van der Waals surface area contributed by atoms with Gasteiger partial charge in [0.1, 0.15) is 6.04 Å². The summed E-state index contributed by atoms with van der Waals surface area (Å²) in [5.74, 6) is -0.297. The summed E-state index contributed by atoms with van der Waals surface area (Å²) in [6.07, 6.45) is 0.0781. The van der Waals surface area contributed by atoms with Crippen molar-refractivity contribution in [3.63, 3.8) is 0 Å². The fraction of sp³-hybridized carbons (Fsp3) is 0.833. The Kier molecular flexibility index (Phi) is 5.10. The van der Waals surface area contributed by atoms with Crippen LogP contribution in [-0.4, -0.2) is 48.7 Å². The molecule has 0 bridgehead atoms. The summed E-state index contributed by atoms with van der Waals surface area (Å²) in [6.45, 7) is 6.80. The van der Waals surface area contributed by atoms with E-state index in [9.17, 15) is 14.7 Å². The van der Waals surface area contributed by atoms with Gasteiger partial charge in [-0.3, -0.25) is 14.9 Å². The number of amides is 2. The van der Waals surface area contributed by atoms with Gasteiger partial charge in [0.2, 0.25) is 11.8 Å². The standard InChI is InChI=1S/C12H23N3O3/c1-12(2,3)4-8(16)5-15-11(18)9-6-14-10(17)7-13-9/h8-9,13,16H,4-7H2,1-3H3,(H,14,17)(H,15,18). The molecule has 1 aliphatic heterocycles. The second-order valence-electron chi connectivity index (χ2n) is 5.90. The minimum atomic E-state index is -0.549. The fourth-order valence-corrected chi connectivity index (χ4v) is 1.87. The summed E-state index contributed by atoms with van der Waals surface area (Å²) < 4.78 is 0. The first kappa shape index (κ1) is 14.9. The Morgan fingerprint density at radius 1 is 1.56 bits per heavy atom. The number of piperazine rings is 1. The van der Waals surface area contributed by atoms with Crippen molar-refractivity contribution in [2.45, 2.75) is 39.3 Å². The molecule has 0 aromatic rings. The molecule has 1 rings (SSSR count). The quantitative estimate of drug-likeness (QED) is 0.519. The maximum Gasteiger partial charge on any atom is 0.239 e. The predicted octanol–water partition coefficient (Wildman–Crippen LogP) is -1.01. The van der Waals surface area contributed by atoms with Gasteiger partial charge >= 0.3 is 0 Å². The summed E-state index contributed by atoms with van der Waals surface area (Å²) in [6, 6.07) is -0.412. The maximum atomic E-state index is 11.7. The Balaban J connectivity index is 2.26. The van der Waals surface area contributed by atoms with Crippen LogP contribution < -0.4 is 16.0 Å². The zero-order valence-corrected chi connectivity index (χ0v) is 11.2. The van der Waals surface area contributed by atoms with E-state index in [2.05, 4.69) is 16.0 Å². The molecule has 0 aromatic heterocycles. The molecule has 2 atom stereocenters. The van der Waals surface area contributed by atoms with Crippen LogP contribution in [0.1, 0.15) is 27.2 Å². The summed E-state index contributed by atoms with van der Waals surface area (Å²) in [4.78, 5) is 22.6. The zero-order chi connectivity index (χ0) is 13.8. The molecule has 0 saturated carbocycles. The lowest BCUT2D eigenvalue weighted by molar-refractivity contribution is -0.127. The summed E-state index contributed by atoms with van der Waals surface area (Å²) in [5, 5.41) is 17.9. The van der Waals surface area contributed by atoms with Gasteiger partial charge in [-0.2, -0.15) is 0 Å². The van der Waals surface area contributed by atoms with Gasteiger partial charge < -0.3 is 15.7 Å². The number of rotatable bonds is 4. The van der Waals surface area contributed by atoms with E-state index >= 15 is 0 Å². The third-order valence-electron chi connectivity index (χ3n) is 2.69. The van der Waals surface area contributed by atoms with Gasteiger partial charge in [-0.05, 0) is 11.8 Å². The molecule has 0 spiro atoms. The van der Waals surface area contributed by atoms with E-state index in [-0.39, 0.29) is 30.3 Å². The molecule has 4 N–H and O–H groups in total. The molecule has 6 nitrogen and oxygen atoms in total. The number of hydrogen-bond donors (Lipinski definition) is 4. The van der Waals surface area contributed by atoms with Crippen molar-refractivity contribution in [1.29, 1.82) is 0 Å². The van der Waals surface area contributed by atoms with E-state index in [0.717, 1.165) is 0 Å². The normalized spacial score (nSPS) is 22.2. The highest BCUT2D eigenvalue weighted by Crippen LogP contribution is 2.20. The van der Waals surface area contributed by atoms with Crippen molar-refractivity contribution < 1.29 is 14.7 Å². The number of nitrogens with one attached hydrogen (secondary N) is 3. The van der Waals surface area contributed by atoms with Gasteiger partial charge in [0.05, 0.1) is 12.6 Å². The zero-order valence-electron chi connectivity index (χ0n) is 11.2. The Bertz CT molecular complexity index is 302. The lowest BCUT2D eigenvalue weighted by Crippen LogP contribution is -2.58. The van der Waals surface area contributed by atoms with E-state index in [4.69, 9.17) is 0 Å². The molecule has 1 saturated heterocycles. The summed E-state index contributed by atoms with van der Waals surface area (Å²) in [7, 11) is 0. The van der Waals surface area contributed by atoms with Crippen LogP contribution >= 0.6 is 0 Å². The van der Waals surface area contributed by atoms with Crippen molar-refractivity contribution in [2.75, 3.05) is 19.6 Å². The van der Waals surface area contributed by atoms with Crippen LogP contribution in [0.25, 0.3) is 0 Å². The van der Waals surface area contributed by atoms with E-state index < -0.39 is 12.1 Å². The van der Waals surface area contributed by atoms with Crippen molar-refractivity contribution in [2.24, 2.45) is 5.41 Å². The van der Waals surface area contributed by atoms with Crippen molar-refractivity contribution in [3.05, 3.63) is 0 Å². The summed E-state index contributed by atoms with van der Waals surface area (Å²) in [5.41, 5.74) is 0.0290. The monoisotopic (exact) mass is 257 g/mol. The molecule has 1 aliphatic rings. The Morgan fingerprint density at radius 2 is 2.22 bits per heavy atom. The van der Waals surface area contributed by atoms with Crippen molar-refractivity contribution in [1.82, 2.24) is 16.0 Å². The van der Waals surface area contributed by atoms with Gasteiger partial charge in [0.15, 0.2) is 0 Å². The predicted molar refractivity (Wildman–Crippen MR) is 67.9 cm³/mol. The number of aliphatic hydroxyl groups is 1. The second-order valence-corrected chi connectivity index (χ2v) is 5.90. The molecule has 2 amide bonds. The molecule has 1 fully saturated rings. The van der Waals surface area contributed by atoms with Crippen molar-refractivity contribution >= 4 is 11.8 Å². The highest BCUT2D eigenvalue weighted by molar-refractivity contribution is 5.86. The minimum absolute atomic E-state index is 0.0290. The first-order valence-corrected chi connectivity index (χ1v) is 6.24. The highest BCUT2D eigenvalue weighted by Gasteiger charge is 2.24. The third-order valence-corrected chi connectivity index (χ3v) is 2.69. The Labute approximate surface area is 108 Å². The Morgan fingerprint density at radius 3 is 2.72 bits per heavy atom. The third kappa shape index (κ3) is 5.46. The van der Waals surface area contributed by atoms with Gasteiger partial charge in [-0.25, -0.2) is 0 Å². The van der Waals surface area contributed by atoms with Gasteiger partial charge in [0.25, 0.3) is 0 Å². The molecule has 2 unspecified atom stereocenters. The second kappa shape index (κ2) is 6.15.